The van der Waals surface area contributed by atoms with Crippen LogP contribution in [0.4, 0.5) is 13.2 Å². The summed E-state index contributed by atoms with van der Waals surface area (Å²) in [7, 11) is 1.15. The van der Waals surface area contributed by atoms with Gasteiger partial charge in [-0.2, -0.15) is 18.4 Å². The van der Waals surface area contributed by atoms with Crippen molar-refractivity contribution in [1.82, 2.24) is 0 Å². The first-order chi connectivity index (χ1) is 8.85. The van der Waals surface area contributed by atoms with Gasteiger partial charge < -0.3 is 4.74 Å². The molecule has 0 aliphatic heterocycles. The van der Waals surface area contributed by atoms with Crippen LogP contribution >= 0.6 is 11.6 Å². The third-order valence-corrected chi connectivity index (χ3v) is 2.78. The number of benzene rings is 1. The summed E-state index contributed by atoms with van der Waals surface area (Å²) >= 11 is 5.50. The number of carbonyl (C=O) groups is 1. The lowest BCUT2D eigenvalue weighted by Gasteiger charge is -2.14. The van der Waals surface area contributed by atoms with Crippen molar-refractivity contribution < 1.29 is 22.7 Å². The molecule has 0 aliphatic carbocycles. The zero-order valence-electron chi connectivity index (χ0n) is 9.84. The highest BCUT2D eigenvalue weighted by Crippen LogP contribution is 2.35. The van der Waals surface area contributed by atoms with E-state index in [2.05, 4.69) is 4.74 Å². The van der Waals surface area contributed by atoms with E-state index >= 15 is 0 Å². The highest BCUT2D eigenvalue weighted by molar-refractivity contribution is 6.17. The van der Waals surface area contributed by atoms with Crippen molar-refractivity contribution in [3.63, 3.8) is 0 Å². The van der Waals surface area contributed by atoms with E-state index < -0.39 is 23.6 Å². The first-order valence-corrected chi connectivity index (χ1v) is 5.63. The number of nitriles is 1. The Morgan fingerprint density at radius 1 is 1.47 bits per heavy atom. The maximum absolute atomic E-state index is 12.8. The number of alkyl halides is 4. The average Bonchev–Trinajstić information content (AvgIpc) is 2.36. The summed E-state index contributed by atoms with van der Waals surface area (Å²) in [6.07, 6.45) is -4.87. The Labute approximate surface area is 112 Å². The molecule has 1 aromatic carbocycles. The van der Waals surface area contributed by atoms with Crippen LogP contribution in [-0.2, 0) is 28.0 Å². The predicted molar refractivity (Wildman–Crippen MR) is 61.4 cm³/mol. The molecule has 0 saturated carbocycles. The lowest BCUT2D eigenvalue weighted by Crippen LogP contribution is -2.13. The van der Waals surface area contributed by atoms with Gasteiger partial charge in [-0.15, -0.1) is 11.6 Å². The van der Waals surface area contributed by atoms with Crippen LogP contribution in [0.2, 0.25) is 0 Å². The van der Waals surface area contributed by atoms with Gasteiger partial charge in [0, 0.05) is 5.88 Å². The fraction of sp³-hybridized carbons (Fsp3) is 0.333. The topological polar surface area (TPSA) is 50.1 Å². The fourth-order valence-corrected chi connectivity index (χ4v) is 1.89. The quantitative estimate of drug-likeness (QED) is 0.635. The molecular formula is C12H9ClF3NO2. The van der Waals surface area contributed by atoms with Gasteiger partial charge in [0.2, 0.25) is 0 Å². The Bertz CT molecular complexity index is 535. The van der Waals surface area contributed by atoms with Crippen molar-refractivity contribution in [2.75, 3.05) is 7.11 Å². The van der Waals surface area contributed by atoms with Gasteiger partial charge in [-0.25, -0.2) is 0 Å². The zero-order chi connectivity index (χ0) is 14.6. The minimum Gasteiger partial charge on any atom is -0.469 e. The summed E-state index contributed by atoms with van der Waals surface area (Å²) in [4.78, 5) is 11.1. The molecule has 0 unspecified atom stereocenters. The van der Waals surface area contributed by atoms with Crippen molar-refractivity contribution in [3.8, 4) is 6.07 Å². The first kappa shape index (κ1) is 15.3. The Morgan fingerprint density at radius 2 is 2.11 bits per heavy atom. The van der Waals surface area contributed by atoms with Gasteiger partial charge in [-0.1, -0.05) is 6.07 Å². The fourth-order valence-electron chi connectivity index (χ4n) is 1.61. The van der Waals surface area contributed by atoms with Crippen LogP contribution in [0, 0.1) is 11.3 Å². The van der Waals surface area contributed by atoms with Gasteiger partial charge in [0.1, 0.15) is 0 Å². The van der Waals surface area contributed by atoms with Crippen LogP contribution in [0.15, 0.2) is 12.1 Å². The SMILES string of the molecule is COC(=O)Cc1ccc(C(F)(F)F)c(CCl)c1C#N. The molecule has 1 aromatic rings. The van der Waals surface area contributed by atoms with Gasteiger partial charge in [-0.05, 0) is 17.2 Å². The number of hydrogen-bond donors (Lipinski definition) is 0. The van der Waals surface area contributed by atoms with Crippen molar-refractivity contribution in [3.05, 3.63) is 34.4 Å². The molecule has 0 aliphatic rings. The first-order valence-electron chi connectivity index (χ1n) is 5.10. The number of halogens is 4. The monoisotopic (exact) mass is 291 g/mol. The van der Waals surface area contributed by atoms with E-state index in [1.807, 2.05) is 0 Å². The number of rotatable bonds is 3. The number of esters is 1. The zero-order valence-corrected chi connectivity index (χ0v) is 10.6. The van der Waals surface area contributed by atoms with Crippen molar-refractivity contribution in [2.45, 2.75) is 18.5 Å². The molecule has 3 nitrogen and oxygen atoms in total. The second kappa shape index (κ2) is 5.93. The molecule has 0 bridgehead atoms. The summed E-state index contributed by atoms with van der Waals surface area (Å²) < 4.78 is 42.7. The van der Waals surface area contributed by atoms with Crippen molar-refractivity contribution in [2.24, 2.45) is 0 Å². The molecule has 0 heterocycles. The van der Waals surface area contributed by atoms with Gasteiger partial charge in [0.25, 0.3) is 0 Å². The largest absolute Gasteiger partial charge is 0.469 e. The summed E-state index contributed by atoms with van der Waals surface area (Å²) in [5, 5.41) is 8.98. The van der Waals surface area contributed by atoms with Crippen LogP contribution < -0.4 is 0 Å². The van der Waals surface area contributed by atoms with E-state index in [4.69, 9.17) is 16.9 Å². The van der Waals surface area contributed by atoms with E-state index in [1.54, 1.807) is 6.07 Å². The Morgan fingerprint density at radius 3 is 2.53 bits per heavy atom. The number of ether oxygens (including phenoxy) is 1. The van der Waals surface area contributed by atoms with Gasteiger partial charge >= 0.3 is 12.1 Å². The molecule has 0 radical (unpaired) electrons. The third-order valence-electron chi connectivity index (χ3n) is 2.51. The molecule has 0 saturated heterocycles. The van der Waals surface area contributed by atoms with Gasteiger partial charge in [-0.3, -0.25) is 4.79 Å². The highest BCUT2D eigenvalue weighted by atomic mass is 35.5. The minimum absolute atomic E-state index is 0.165. The molecule has 0 amide bonds. The molecule has 19 heavy (non-hydrogen) atoms. The molecule has 102 valence electrons. The second-order valence-corrected chi connectivity index (χ2v) is 3.89. The van der Waals surface area contributed by atoms with Crippen LogP contribution in [0.25, 0.3) is 0 Å². The average molecular weight is 292 g/mol. The standard InChI is InChI=1S/C12H9ClF3NO2/c1-19-11(18)4-7-2-3-10(12(14,15)16)8(5-13)9(7)6-17/h2-3H,4-5H2,1H3. The molecule has 0 N–H and O–H groups in total. The number of methoxy groups -OCH3 is 1. The lowest BCUT2D eigenvalue weighted by molar-refractivity contribution is -0.139. The Kier molecular flexibility index (Phi) is 4.78. The minimum atomic E-state index is -4.60. The number of hydrogen-bond acceptors (Lipinski definition) is 3. The van der Waals surface area contributed by atoms with Crippen molar-refractivity contribution in [1.29, 1.82) is 5.26 Å². The van der Waals surface area contributed by atoms with E-state index in [9.17, 15) is 18.0 Å². The Balaban J connectivity index is 3.40. The normalized spacial score (nSPS) is 10.9. The predicted octanol–water partition coefficient (Wildman–Crippen LogP) is 3.03. The van der Waals surface area contributed by atoms with E-state index in [-0.39, 0.29) is 23.1 Å². The van der Waals surface area contributed by atoms with E-state index in [0.717, 1.165) is 19.2 Å². The molecular weight excluding hydrogens is 283 g/mol. The molecule has 7 heteroatoms. The van der Waals surface area contributed by atoms with Gasteiger partial charge in [0.05, 0.1) is 30.7 Å². The molecule has 1 rings (SSSR count). The molecule has 0 fully saturated rings. The van der Waals surface area contributed by atoms with Crippen molar-refractivity contribution >= 4 is 17.6 Å². The molecule has 0 atom stereocenters. The maximum Gasteiger partial charge on any atom is 0.416 e. The third kappa shape index (κ3) is 3.38. The second-order valence-electron chi connectivity index (χ2n) is 3.62. The molecule has 0 spiro atoms. The number of nitrogens with zero attached hydrogens (tertiary/aromatic N) is 1. The highest BCUT2D eigenvalue weighted by Gasteiger charge is 2.34. The Hall–Kier alpha value is -1.74. The maximum atomic E-state index is 12.8. The summed E-state index contributed by atoms with van der Waals surface area (Å²) in [5.41, 5.74) is -1.35. The van der Waals surface area contributed by atoms with E-state index in [0.29, 0.717) is 0 Å². The van der Waals surface area contributed by atoms with Crippen LogP contribution in [0.5, 0.6) is 0 Å². The van der Waals surface area contributed by atoms with Gasteiger partial charge in [0.15, 0.2) is 0 Å². The van der Waals surface area contributed by atoms with E-state index in [1.165, 1.54) is 0 Å². The molecule has 0 aromatic heterocycles. The van der Waals surface area contributed by atoms with Crippen LogP contribution in [0.1, 0.15) is 22.3 Å². The number of carbonyl (C=O) groups excluding carboxylic acids is 1. The lowest BCUT2D eigenvalue weighted by atomic mass is 9.95. The smallest absolute Gasteiger partial charge is 0.416 e. The summed E-state index contributed by atoms with van der Waals surface area (Å²) in [6, 6.07) is 3.57. The summed E-state index contributed by atoms with van der Waals surface area (Å²) in [5.74, 6) is -1.11. The van der Waals surface area contributed by atoms with Crippen LogP contribution in [0.3, 0.4) is 0 Å². The summed E-state index contributed by atoms with van der Waals surface area (Å²) in [6.45, 7) is 0. The van der Waals surface area contributed by atoms with Crippen LogP contribution in [-0.4, -0.2) is 13.1 Å².